The van der Waals surface area contributed by atoms with Gasteiger partial charge in [0.1, 0.15) is 0 Å². The molecule has 0 saturated carbocycles. The monoisotopic (exact) mass is 341 g/mol. The number of carboxylic acids is 1. The van der Waals surface area contributed by atoms with Gasteiger partial charge in [-0.1, -0.05) is 44.2 Å². The van der Waals surface area contributed by atoms with E-state index in [0.717, 1.165) is 5.56 Å². The van der Waals surface area contributed by atoms with Gasteiger partial charge in [-0.05, 0) is 47.5 Å². The molecule has 0 aliphatic rings. The molecule has 0 fully saturated rings. The zero-order chi connectivity index (χ0) is 17.5. The Morgan fingerprint density at radius 1 is 1.21 bits per heavy atom. The summed E-state index contributed by atoms with van der Waals surface area (Å²) in [7, 11) is 0. The van der Waals surface area contributed by atoms with Gasteiger partial charge in [-0.3, -0.25) is 5.43 Å². The van der Waals surface area contributed by atoms with Crippen molar-refractivity contribution < 1.29 is 9.90 Å². The summed E-state index contributed by atoms with van der Waals surface area (Å²) < 4.78 is 0. The van der Waals surface area contributed by atoms with Crippen LogP contribution in [0, 0.1) is 0 Å². The third-order valence-corrected chi connectivity index (χ3v) is 3.54. The maximum absolute atomic E-state index is 10.9. The van der Waals surface area contributed by atoms with Gasteiger partial charge in [0.15, 0.2) is 5.11 Å². The average molecular weight is 341 g/mol. The van der Waals surface area contributed by atoms with E-state index in [1.165, 1.54) is 17.7 Å². The molecule has 124 valence electrons. The molecule has 0 radical (unpaired) electrons. The molecule has 2 rings (SSSR count). The van der Waals surface area contributed by atoms with Crippen LogP contribution >= 0.6 is 12.2 Å². The fourth-order valence-electron chi connectivity index (χ4n) is 2.02. The Morgan fingerprint density at radius 3 is 2.54 bits per heavy atom. The Morgan fingerprint density at radius 2 is 1.92 bits per heavy atom. The number of nitrogens with zero attached hydrogens (tertiary/aromatic N) is 1. The molecule has 0 aliphatic heterocycles. The van der Waals surface area contributed by atoms with Gasteiger partial charge in [-0.25, -0.2) is 4.79 Å². The molecule has 0 saturated heterocycles. The largest absolute Gasteiger partial charge is 0.478 e. The molecule has 2 aromatic rings. The summed E-state index contributed by atoms with van der Waals surface area (Å²) in [6.07, 6.45) is 1.67. The summed E-state index contributed by atoms with van der Waals surface area (Å²) >= 11 is 5.13. The van der Waals surface area contributed by atoms with Gasteiger partial charge >= 0.3 is 5.97 Å². The standard InChI is InChI=1S/C18H19N3O2S/c1-12(2)14-8-6-13(7-9-14)11-19-21-18(24)20-16-5-3-4-15(10-16)17(22)23/h3-12H,1-2H3,(H,22,23)(H2,20,21,24)/b19-11-. The normalized spacial score (nSPS) is 10.8. The average Bonchev–Trinajstić information content (AvgIpc) is 2.55. The van der Waals surface area contributed by atoms with Gasteiger partial charge < -0.3 is 10.4 Å². The highest BCUT2D eigenvalue weighted by Crippen LogP contribution is 2.14. The van der Waals surface area contributed by atoms with E-state index >= 15 is 0 Å². The van der Waals surface area contributed by atoms with Crippen LogP contribution in [0.4, 0.5) is 5.69 Å². The molecule has 5 nitrogen and oxygen atoms in total. The fraction of sp³-hybridized carbons (Fsp3) is 0.167. The molecule has 0 spiro atoms. The van der Waals surface area contributed by atoms with E-state index in [9.17, 15) is 4.79 Å². The number of carbonyl (C=O) groups is 1. The first-order chi connectivity index (χ1) is 11.5. The van der Waals surface area contributed by atoms with Gasteiger partial charge in [0.25, 0.3) is 0 Å². The lowest BCUT2D eigenvalue weighted by Gasteiger charge is -2.07. The number of benzene rings is 2. The zero-order valence-electron chi connectivity index (χ0n) is 13.5. The van der Waals surface area contributed by atoms with Crippen molar-refractivity contribution in [2.24, 2.45) is 5.10 Å². The molecule has 0 atom stereocenters. The molecule has 3 N–H and O–H groups in total. The molecule has 2 aromatic carbocycles. The number of hydrogen-bond donors (Lipinski definition) is 3. The van der Waals surface area contributed by atoms with Crippen LogP contribution in [0.25, 0.3) is 0 Å². The Labute approximate surface area is 146 Å². The van der Waals surface area contributed by atoms with Crippen LogP contribution < -0.4 is 10.7 Å². The quantitative estimate of drug-likeness (QED) is 0.438. The topological polar surface area (TPSA) is 73.7 Å². The number of nitrogens with one attached hydrogen (secondary N) is 2. The van der Waals surface area contributed by atoms with E-state index in [1.807, 2.05) is 12.1 Å². The molecular weight excluding hydrogens is 322 g/mol. The van der Waals surface area contributed by atoms with Crippen LogP contribution in [0.15, 0.2) is 53.6 Å². The second-order valence-electron chi connectivity index (χ2n) is 5.53. The summed E-state index contributed by atoms with van der Waals surface area (Å²) in [6.45, 7) is 4.29. The second kappa shape index (κ2) is 8.21. The molecule has 0 heterocycles. The molecular formula is C18H19N3O2S. The van der Waals surface area contributed by atoms with Crippen molar-refractivity contribution in [3.63, 3.8) is 0 Å². The number of rotatable bonds is 5. The van der Waals surface area contributed by atoms with E-state index in [4.69, 9.17) is 17.3 Å². The van der Waals surface area contributed by atoms with Crippen molar-refractivity contribution in [3.8, 4) is 0 Å². The Bertz CT molecular complexity index is 755. The van der Waals surface area contributed by atoms with Gasteiger partial charge in [-0.15, -0.1) is 0 Å². The molecule has 24 heavy (non-hydrogen) atoms. The number of thiocarbonyl (C=S) groups is 1. The Hall–Kier alpha value is -2.73. The van der Waals surface area contributed by atoms with Crippen LogP contribution in [0.1, 0.15) is 41.3 Å². The molecule has 0 aromatic heterocycles. The van der Waals surface area contributed by atoms with Crippen molar-refractivity contribution in [1.29, 1.82) is 0 Å². The lowest BCUT2D eigenvalue weighted by molar-refractivity contribution is 0.0697. The maximum atomic E-state index is 10.9. The van der Waals surface area contributed by atoms with Crippen LogP contribution in [0.3, 0.4) is 0 Å². The van der Waals surface area contributed by atoms with Gasteiger partial charge in [0, 0.05) is 5.69 Å². The first-order valence-electron chi connectivity index (χ1n) is 7.49. The van der Waals surface area contributed by atoms with Gasteiger partial charge in [0.2, 0.25) is 0 Å². The maximum Gasteiger partial charge on any atom is 0.335 e. The predicted molar refractivity (Wildman–Crippen MR) is 101 cm³/mol. The lowest BCUT2D eigenvalue weighted by atomic mass is 10.0. The Kier molecular flexibility index (Phi) is 6.03. The minimum atomic E-state index is -0.986. The van der Waals surface area contributed by atoms with E-state index in [1.54, 1.807) is 18.3 Å². The van der Waals surface area contributed by atoms with Crippen molar-refractivity contribution in [2.45, 2.75) is 19.8 Å². The lowest BCUT2D eigenvalue weighted by Crippen LogP contribution is -2.24. The minimum Gasteiger partial charge on any atom is -0.478 e. The molecule has 0 bridgehead atoms. The SMILES string of the molecule is CC(C)c1ccc(/C=N\NC(=S)Nc2cccc(C(=O)O)c2)cc1. The van der Waals surface area contributed by atoms with Crippen molar-refractivity contribution in [2.75, 3.05) is 5.32 Å². The zero-order valence-corrected chi connectivity index (χ0v) is 14.3. The van der Waals surface area contributed by atoms with Crippen molar-refractivity contribution in [1.82, 2.24) is 5.43 Å². The molecule has 0 aliphatic carbocycles. The third kappa shape index (κ3) is 5.17. The van der Waals surface area contributed by atoms with Crippen LogP contribution in [0.2, 0.25) is 0 Å². The highest BCUT2D eigenvalue weighted by Gasteiger charge is 2.04. The van der Waals surface area contributed by atoms with Crippen molar-refractivity contribution >= 4 is 35.2 Å². The highest BCUT2D eigenvalue weighted by molar-refractivity contribution is 7.80. The first kappa shape index (κ1) is 17.6. The smallest absolute Gasteiger partial charge is 0.335 e. The Balaban J connectivity index is 1.90. The van der Waals surface area contributed by atoms with E-state index in [0.29, 0.717) is 11.6 Å². The van der Waals surface area contributed by atoms with Crippen LogP contribution in [-0.4, -0.2) is 22.4 Å². The summed E-state index contributed by atoms with van der Waals surface area (Å²) in [6, 6.07) is 14.5. The van der Waals surface area contributed by atoms with E-state index < -0.39 is 5.97 Å². The summed E-state index contributed by atoms with van der Waals surface area (Å²) in [5, 5.41) is 16.2. The summed E-state index contributed by atoms with van der Waals surface area (Å²) in [4.78, 5) is 10.9. The number of aromatic carboxylic acids is 1. The number of hydrogen-bond acceptors (Lipinski definition) is 3. The van der Waals surface area contributed by atoms with Gasteiger partial charge in [0.05, 0.1) is 11.8 Å². The minimum absolute atomic E-state index is 0.191. The third-order valence-electron chi connectivity index (χ3n) is 3.35. The fourth-order valence-corrected chi connectivity index (χ4v) is 2.19. The number of anilines is 1. The number of carboxylic acid groups (broad SMARTS) is 1. The molecule has 0 unspecified atom stereocenters. The molecule has 0 amide bonds. The van der Waals surface area contributed by atoms with Crippen LogP contribution in [0.5, 0.6) is 0 Å². The highest BCUT2D eigenvalue weighted by atomic mass is 32.1. The molecule has 6 heteroatoms. The number of hydrazone groups is 1. The van der Waals surface area contributed by atoms with Crippen molar-refractivity contribution in [3.05, 3.63) is 65.2 Å². The van der Waals surface area contributed by atoms with Crippen LogP contribution in [-0.2, 0) is 0 Å². The van der Waals surface area contributed by atoms with Gasteiger partial charge in [-0.2, -0.15) is 5.10 Å². The second-order valence-corrected chi connectivity index (χ2v) is 5.94. The predicted octanol–water partition coefficient (Wildman–Crippen LogP) is 3.83. The summed E-state index contributed by atoms with van der Waals surface area (Å²) in [5.74, 6) is -0.493. The summed E-state index contributed by atoms with van der Waals surface area (Å²) in [5.41, 5.74) is 5.72. The van der Waals surface area contributed by atoms with E-state index in [2.05, 4.69) is 41.8 Å². The van der Waals surface area contributed by atoms with E-state index in [-0.39, 0.29) is 10.7 Å². The first-order valence-corrected chi connectivity index (χ1v) is 7.90.